The summed E-state index contributed by atoms with van der Waals surface area (Å²) in [6.45, 7) is 2.46. The molecule has 0 aliphatic carbocycles. The molecular weight excluding hydrogens is 279 g/mol. The van der Waals surface area contributed by atoms with Crippen LogP contribution in [-0.2, 0) is 4.79 Å². The Morgan fingerprint density at radius 1 is 1.24 bits per heavy atom. The number of anilines is 1. The van der Waals surface area contributed by atoms with E-state index < -0.39 is 24.4 Å². The molecule has 0 fully saturated rings. The van der Waals surface area contributed by atoms with Crippen molar-refractivity contribution >= 4 is 17.7 Å². The van der Waals surface area contributed by atoms with Gasteiger partial charge in [-0.05, 0) is 37.1 Å². The Kier molecular flexibility index (Phi) is 5.95. The summed E-state index contributed by atoms with van der Waals surface area (Å²) in [5.74, 6) is -0.736. The molecule has 3 N–H and O–H groups in total. The number of urea groups is 1. The summed E-state index contributed by atoms with van der Waals surface area (Å²) < 4.78 is 16.6. The van der Waals surface area contributed by atoms with Crippen molar-refractivity contribution in [3.63, 3.8) is 0 Å². The van der Waals surface area contributed by atoms with E-state index in [0.29, 0.717) is 11.4 Å². The Balaban J connectivity index is 2.70. The predicted molar refractivity (Wildman–Crippen MR) is 76.1 cm³/mol. The van der Waals surface area contributed by atoms with Gasteiger partial charge in [-0.2, -0.15) is 0 Å². The van der Waals surface area contributed by atoms with Crippen molar-refractivity contribution in [3.8, 4) is 5.75 Å². The van der Waals surface area contributed by atoms with Crippen molar-refractivity contribution in [2.24, 2.45) is 0 Å². The van der Waals surface area contributed by atoms with Gasteiger partial charge in [0, 0.05) is 5.69 Å². The summed E-state index contributed by atoms with van der Waals surface area (Å²) in [6, 6.07) is 5.45. The zero-order chi connectivity index (χ0) is 15.9. The van der Waals surface area contributed by atoms with E-state index in [0.717, 1.165) is 0 Å². The van der Waals surface area contributed by atoms with E-state index in [1.54, 1.807) is 13.8 Å². The fourth-order valence-corrected chi connectivity index (χ4v) is 1.86. The van der Waals surface area contributed by atoms with Crippen LogP contribution >= 0.6 is 0 Å². The molecule has 2 amide bonds. The lowest BCUT2D eigenvalue weighted by Gasteiger charge is -2.28. The molecule has 0 aliphatic rings. The molecule has 0 aliphatic heterocycles. The lowest BCUT2D eigenvalue weighted by Crippen LogP contribution is -2.54. The number of alkyl halides is 1. The fraction of sp³-hybridized carbons (Fsp3) is 0.429. The lowest BCUT2D eigenvalue weighted by atomic mass is 9.93. The first-order valence-electron chi connectivity index (χ1n) is 6.58. The second kappa shape index (κ2) is 7.47. The summed E-state index contributed by atoms with van der Waals surface area (Å²) in [5, 5.41) is 14.2. The van der Waals surface area contributed by atoms with Crippen molar-refractivity contribution < 1.29 is 23.8 Å². The van der Waals surface area contributed by atoms with Gasteiger partial charge < -0.3 is 20.5 Å². The first-order valence-corrected chi connectivity index (χ1v) is 6.58. The molecule has 0 heterocycles. The monoisotopic (exact) mass is 298 g/mol. The molecule has 1 aromatic carbocycles. The molecule has 0 unspecified atom stereocenters. The molecule has 116 valence electrons. The smallest absolute Gasteiger partial charge is 0.329 e. The highest BCUT2D eigenvalue weighted by Crippen LogP contribution is 2.18. The molecule has 6 nitrogen and oxygen atoms in total. The average Bonchev–Trinajstić information content (AvgIpc) is 2.47. The van der Waals surface area contributed by atoms with Crippen LogP contribution in [0.5, 0.6) is 5.75 Å². The number of amides is 2. The molecule has 0 saturated carbocycles. The number of carboxylic acid groups (broad SMARTS) is 1. The number of benzene rings is 1. The topological polar surface area (TPSA) is 87.7 Å². The van der Waals surface area contributed by atoms with Gasteiger partial charge in [-0.1, -0.05) is 13.8 Å². The Morgan fingerprint density at radius 3 is 2.24 bits per heavy atom. The highest BCUT2D eigenvalue weighted by Gasteiger charge is 2.36. The van der Waals surface area contributed by atoms with Crippen LogP contribution in [0.1, 0.15) is 26.7 Å². The molecule has 0 aromatic heterocycles. The molecule has 1 rings (SSSR count). The molecule has 0 bridgehead atoms. The van der Waals surface area contributed by atoms with Gasteiger partial charge in [0.25, 0.3) is 0 Å². The summed E-state index contributed by atoms with van der Waals surface area (Å²) in [4.78, 5) is 23.2. The zero-order valence-corrected chi connectivity index (χ0v) is 12.0. The fourth-order valence-electron chi connectivity index (χ4n) is 1.86. The van der Waals surface area contributed by atoms with Gasteiger partial charge >= 0.3 is 12.0 Å². The van der Waals surface area contributed by atoms with Crippen LogP contribution < -0.4 is 15.4 Å². The van der Waals surface area contributed by atoms with Gasteiger partial charge in [-0.3, -0.25) is 0 Å². The van der Waals surface area contributed by atoms with Crippen LogP contribution in [0.3, 0.4) is 0 Å². The summed E-state index contributed by atoms with van der Waals surface area (Å²) in [7, 11) is 0. The highest BCUT2D eigenvalue weighted by molar-refractivity contribution is 5.93. The van der Waals surface area contributed by atoms with Crippen molar-refractivity contribution in [2.45, 2.75) is 32.2 Å². The average molecular weight is 298 g/mol. The minimum absolute atomic E-state index is 0.273. The Morgan fingerprint density at radius 2 is 1.81 bits per heavy atom. The summed E-state index contributed by atoms with van der Waals surface area (Å²) in [6.07, 6.45) is 0.547. The maximum atomic E-state index is 12.0. The third kappa shape index (κ3) is 4.34. The van der Waals surface area contributed by atoms with Gasteiger partial charge in [0.05, 0.1) is 0 Å². The van der Waals surface area contributed by atoms with E-state index >= 15 is 0 Å². The molecule has 0 radical (unpaired) electrons. The SMILES string of the molecule is CCC(CC)(NC(=O)Nc1ccc(OCF)cc1)C(=O)O. The van der Waals surface area contributed by atoms with Gasteiger partial charge in [0.1, 0.15) is 11.3 Å². The quantitative estimate of drug-likeness (QED) is 0.722. The number of nitrogens with one attached hydrogen (secondary N) is 2. The van der Waals surface area contributed by atoms with Gasteiger partial charge in [0.15, 0.2) is 0 Å². The van der Waals surface area contributed by atoms with Crippen molar-refractivity contribution in [3.05, 3.63) is 24.3 Å². The van der Waals surface area contributed by atoms with Crippen molar-refractivity contribution in [1.29, 1.82) is 0 Å². The van der Waals surface area contributed by atoms with Crippen LogP contribution in [-0.4, -0.2) is 29.5 Å². The van der Waals surface area contributed by atoms with E-state index in [9.17, 15) is 19.1 Å². The number of carboxylic acids is 1. The molecule has 0 spiro atoms. The maximum absolute atomic E-state index is 12.0. The van der Waals surface area contributed by atoms with E-state index in [4.69, 9.17) is 0 Å². The van der Waals surface area contributed by atoms with Crippen LogP contribution in [0.4, 0.5) is 14.9 Å². The van der Waals surface area contributed by atoms with Crippen LogP contribution in [0.25, 0.3) is 0 Å². The second-order valence-electron chi connectivity index (χ2n) is 4.45. The number of ether oxygens (including phenoxy) is 1. The van der Waals surface area contributed by atoms with E-state index in [2.05, 4.69) is 15.4 Å². The van der Waals surface area contributed by atoms with Crippen molar-refractivity contribution in [2.75, 3.05) is 12.2 Å². The first kappa shape index (κ1) is 16.7. The van der Waals surface area contributed by atoms with Gasteiger partial charge in [-0.15, -0.1) is 0 Å². The normalized spacial score (nSPS) is 10.8. The number of aliphatic carboxylic acids is 1. The number of carbonyl (C=O) groups excluding carboxylic acids is 1. The number of halogens is 1. The lowest BCUT2D eigenvalue weighted by molar-refractivity contribution is -0.144. The van der Waals surface area contributed by atoms with Crippen LogP contribution in [0, 0.1) is 0 Å². The summed E-state index contributed by atoms with van der Waals surface area (Å²) >= 11 is 0. The Bertz CT molecular complexity index is 486. The number of hydrogen-bond donors (Lipinski definition) is 3. The molecular formula is C14H19FN2O4. The minimum atomic E-state index is -1.29. The van der Waals surface area contributed by atoms with Gasteiger partial charge in [-0.25, -0.2) is 14.0 Å². The Hall–Kier alpha value is -2.31. The number of hydrogen-bond acceptors (Lipinski definition) is 3. The third-order valence-electron chi connectivity index (χ3n) is 3.30. The number of carbonyl (C=O) groups is 2. The maximum Gasteiger partial charge on any atom is 0.329 e. The van der Waals surface area contributed by atoms with Crippen LogP contribution in [0.15, 0.2) is 24.3 Å². The predicted octanol–water partition coefficient (Wildman–Crippen LogP) is 2.76. The Labute approximate surface area is 122 Å². The molecule has 0 saturated heterocycles. The van der Waals surface area contributed by atoms with E-state index in [1.807, 2.05) is 0 Å². The second-order valence-corrected chi connectivity index (χ2v) is 4.45. The standard InChI is InChI=1S/C14H19FN2O4/c1-3-14(4-2,12(18)19)17-13(20)16-10-5-7-11(8-6-10)21-9-15/h5-8H,3-4,9H2,1-2H3,(H,18,19)(H2,16,17,20). The largest absolute Gasteiger partial charge is 0.480 e. The molecule has 1 aromatic rings. The zero-order valence-electron chi connectivity index (χ0n) is 12.0. The summed E-state index contributed by atoms with van der Waals surface area (Å²) in [5.41, 5.74) is -0.841. The first-order chi connectivity index (χ1) is 9.97. The molecule has 0 atom stereocenters. The number of rotatable bonds is 7. The third-order valence-corrected chi connectivity index (χ3v) is 3.30. The molecule has 21 heavy (non-hydrogen) atoms. The van der Waals surface area contributed by atoms with Crippen LogP contribution in [0.2, 0.25) is 0 Å². The minimum Gasteiger partial charge on any atom is -0.480 e. The van der Waals surface area contributed by atoms with Crippen molar-refractivity contribution in [1.82, 2.24) is 5.32 Å². The highest BCUT2D eigenvalue weighted by atomic mass is 19.1. The van der Waals surface area contributed by atoms with E-state index in [-0.39, 0.29) is 12.8 Å². The van der Waals surface area contributed by atoms with Gasteiger partial charge in [0.2, 0.25) is 6.86 Å². The van der Waals surface area contributed by atoms with E-state index in [1.165, 1.54) is 24.3 Å². The molecule has 7 heteroatoms.